The van der Waals surface area contributed by atoms with E-state index in [1.807, 2.05) is 0 Å². The van der Waals surface area contributed by atoms with Crippen molar-refractivity contribution in [2.45, 2.75) is 32.1 Å². The number of rotatable bonds is 2. The van der Waals surface area contributed by atoms with Crippen molar-refractivity contribution in [2.75, 3.05) is 0 Å². The first-order valence-corrected chi connectivity index (χ1v) is 10.4. The quantitative estimate of drug-likeness (QED) is 0.269. The summed E-state index contributed by atoms with van der Waals surface area (Å²) in [5.41, 5.74) is 2.97. The van der Waals surface area contributed by atoms with Crippen LogP contribution in [0.15, 0.2) is 57.5 Å². The molecule has 0 saturated carbocycles. The lowest BCUT2D eigenvalue weighted by atomic mass is 9.66. The Labute approximate surface area is 164 Å². The first-order valence-electron chi connectivity index (χ1n) is 8.83. The molecule has 25 heavy (non-hydrogen) atoms. The molecule has 1 aliphatic carbocycles. The third-order valence-corrected chi connectivity index (χ3v) is 7.02. The van der Waals surface area contributed by atoms with Crippen LogP contribution in [0.3, 0.4) is 0 Å². The van der Waals surface area contributed by atoms with Gasteiger partial charge in [0.2, 0.25) is 0 Å². The molecule has 4 aromatic carbocycles. The number of halogens is 2. The normalized spacial score (nSPS) is 18.9. The van der Waals surface area contributed by atoms with Gasteiger partial charge in [-0.15, -0.1) is 0 Å². The topological polar surface area (TPSA) is 0 Å². The Bertz CT molecular complexity index is 1190. The molecule has 0 spiro atoms. The SMILES string of the molecule is CCCC1(C)c2cc(Br)cc3ccc4cc(Br)c5cccc1c5c4c23. The molecule has 0 radical (unpaired) electrons. The van der Waals surface area contributed by atoms with E-state index in [1.54, 1.807) is 0 Å². The Kier molecular flexibility index (Phi) is 3.37. The number of hydrogen-bond donors (Lipinski definition) is 0. The van der Waals surface area contributed by atoms with Crippen LogP contribution >= 0.6 is 31.9 Å². The van der Waals surface area contributed by atoms with Gasteiger partial charge in [-0.2, -0.15) is 0 Å². The van der Waals surface area contributed by atoms with Gasteiger partial charge in [0.1, 0.15) is 0 Å². The molecule has 5 rings (SSSR count). The van der Waals surface area contributed by atoms with Gasteiger partial charge in [-0.25, -0.2) is 0 Å². The van der Waals surface area contributed by atoms with Crippen LogP contribution < -0.4 is 0 Å². The van der Waals surface area contributed by atoms with Crippen molar-refractivity contribution >= 4 is 64.2 Å². The summed E-state index contributed by atoms with van der Waals surface area (Å²) in [7, 11) is 0. The van der Waals surface area contributed by atoms with E-state index < -0.39 is 0 Å². The fraction of sp³-hybridized carbons (Fsp3) is 0.217. The summed E-state index contributed by atoms with van der Waals surface area (Å²) in [6.07, 6.45) is 2.32. The zero-order chi connectivity index (χ0) is 17.3. The van der Waals surface area contributed by atoms with Crippen molar-refractivity contribution in [1.29, 1.82) is 0 Å². The van der Waals surface area contributed by atoms with E-state index in [0.29, 0.717) is 0 Å². The van der Waals surface area contributed by atoms with Crippen LogP contribution in [0, 0.1) is 0 Å². The highest BCUT2D eigenvalue weighted by Crippen LogP contribution is 2.52. The van der Waals surface area contributed by atoms with Crippen molar-refractivity contribution < 1.29 is 0 Å². The van der Waals surface area contributed by atoms with Crippen LogP contribution in [0.4, 0.5) is 0 Å². The van der Waals surface area contributed by atoms with Gasteiger partial charge in [0, 0.05) is 14.4 Å². The van der Waals surface area contributed by atoms with Gasteiger partial charge in [-0.1, -0.05) is 82.5 Å². The van der Waals surface area contributed by atoms with E-state index in [-0.39, 0.29) is 5.41 Å². The average Bonchev–Trinajstić information content (AvgIpc) is 2.59. The van der Waals surface area contributed by atoms with Gasteiger partial charge in [0.05, 0.1) is 0 Å². The predicted octanol–water partition coefficient (Wildman–Crippen LogP) is 8.09. The van der Waals surface area contributed by atoms with Crippen LogP contribution in [-0.2, 0) is 5.41 Å². The van der Waals surface area contributed by atoms with Gasteiger partial charge in [0.15, 0.2) is 0 Å². The standard InChI is InChI=1S/C23H18Br2/c1-3-9-23(2)17-6-4-5-16-19(25)11-14-8-7-13-10-15(24)12-18(23)20(13)21(14)22(16)17/h4-8,10-12H,3,9H2,1-2H3. The molecule has 1 aliphatic rings. The average molecular weight is 454 g/mol. The molecule has 0 heterocycles. The first kappa shape index (κ1) is 15.8. The maximum Gasteiger partial charge on any atom is 0.0260 e. The molecule has 124 valence electrons. The van der Waals surface area contributed by atoms with E-state index in [1.165, 1.54) is 58.8 Å². The lowest BCUT2D eigenvalue weighted by Gasteiger charge is -2.37. The molecule has 0 N–H and O–H groups in total. The maximum absolute atomic E-state index is 3.82. The van der Waals surface area contributed by atoms with Crippen LogP contribution in [0.1, 0.15) is 37.8 Å². The van der Waals surface area contributed by atoms with Gasteiger partial charge >= 0.3 is 0 Å². The van der Waals surface area contributed by atoms with E-state index in [0.717, 1.165) is 6.42 Å². The third kappa shape index (κ3) is 1.98. The molecular formula is C23H18Br2. The molecule has 0 bridgehead atoms. The Morgan fingerprint density at radius 3 is 2.36 bits per heavy atom. The second-order valence-corrected chi connectivity index (χ2v) is 9.15. The molecule has 1 atom stereocenters. The Balaban J connectivity index is 2.16. The van der Waals surface area contributed by atoms with Crippen LogP contribution in [0.5, 0.6) is 0 Å². The van der Waals surface area contributed by atoms with Crippen molar-refractivity contribution in [3.8, 4) is 0 Å². The lowest BCUT2D eigenvalue weighted by molar-refractivity contribution is 0.518. The number of hydrogen-bond acceptors (Lipinski definition) is 0. The smallest absolute Gasteiger partial charge is 0.0260 e. The zero-order valence-electron chi connectivity index (χ0n) is 14.3. The van der Waals surface area contributed by atoms with Gasteiger partial charge < -0.3 is 0 Å². The summed E-state index contributed by atoms with van der Waals surface area (Å²) in [6.45, 7) is 4.72. The largest absolute Gasteiger partial charge is 0.0653 e. The molecule has 0 aliphatic heterocycles. The summed E-state index contributed by atoms with van der Waals surface area (Å²) in [5, 5.41) is 8.27. The van der Waals surface area contributed by atoms with Crippen LogP contribution in [0.25, 0.3) is 32.3 Å². The molecule has 0 aromatic heterocycles. The highest BCUT2D eigenvalue weighted by Gasteiger charge is 2.36. The van der Waals surface area contributed by atoms with E-state index in [2.05, 4.69) is 94.2 Å². The monoisotopic (exact) mass is 452 g/mol. The molecule has 0 nitrogen and oxygen atoms in total. The molecule has 2 heteroatoms. The van der Waals surface area contributed by atoms with E-state index >= 15 is 0 Å². The molecule has 1 unspecified atom stereocenters. The highest BCUT2D eigenvalue weighted by molar-refractivity contribution is 9.11. The minimum atomic E-state index is 0.0400. The van der Waals surface area contributed by atoms with Crippen LogP contribution in [0.2, 0.25) is 0 Å². The third-order valence-electron chi connectivity index (χ3n) is 5.91. The molecule has 0 saturated heterocycles. The molecule has 0 amide bonds. The molecular weight excluding hydrogens is 436 g/mol. The Morgan fingerprint density at radius 2 is 1.60 bits per heavy atom. The summed E-state index contributed by atoms with van der Waals surface area (Å²) >= 11 is 7.57. The predicted molar refractivity (Wildman–Crippen MR) is 116 cm³/mol. The van der Waals surface area contributed by atoms with E-state index in [4.69, 9.17) is 0 Å². The van der Waals surface area contributed by atoms with E-state index in [9.17, 15) is 0 Å². The summed E-state index contributed by atoms with van der Waals surface area (Å²) < 4.78 is 2.36. The minimum absolute atomic E-state index is 0.0400. The van der Waals surface area contributed by atoms with Crippen molar-refractivity contribution in [1.82, 2.24) is 0 Å². The van der Waals surface area contributed by atoms with Gasteiger partial charge in [0.25, 0.3) is 0 Å². The van der Waals surface area contributed by atoms with Gasteiger partial charge in [-0.3, -0.25) is 0 Å². The zero-order valence-corrected chi connectivity index (χ0v) is 17.5. The highest BCUT2D eigenvalue weighted by atomic mass is 79.9. The lowest BCUT2D eigenvalue weighted by Crippen LogP contribution is -2.26. The minimum Gasteiger partial charge on any atom is -0.0653 e. The second kappa shape index (κ2) is 5.31. The summed E-state index contributed by atoms with van der Waals surface area (Å²) in [5.74, 6) is 0. The van der Waals surface area contributed by atoms with Crippen LogP contribution in [-0.4, -0.2) is 0 Å². The summed E-state index contributed by atoms with van der Waals surface area (Å²) in [4.78, 5) is 0. The number of benzene rings is 4. The molecule has 0 fully saturated rings. The fourth-order valence-electron chi connectivity index (χ4n) is 4.88. The first-order chi connectivity index (χ1) is 12.0. The van der Waals surface area contributed by atoms with Crippen molar-refractivity contribution in [3.05, 3.63) is 68.6 Å². The van der Waals surface area contributed by atoms with Crippen molar-refractivity contribution in [3.63, 3.8) is 0 Å². The molecule has 4 aromatic rings. The second-order valence-electron chi connectivity index (χ2n) is 7.38. The summed E-state index contributed by atoms with van der Waals surface area (Å²) in [6, 6.07) is 18.2. The maximum atomic E-state index is 3.82. The fourth-order valence-corrected chi connectivity index (χ4v) is 5.93. The Hall–Kier alpha value is -1.38. The van der Waals surface area contributed by atoms with Crippen molar-refractivity contribution in [2.24, 2.45) is 0 Å². The Morgan fingerprint density at radius 1 is 0.840 bits per heavy atom. The van der Waals surface area contributed by atoms with Gasteiger partial charge in [-0.05, 0) is 68.1 Å².